The lowest BCUT2D eigenvalue weighted by molar-refractivity contribution is 0.110. The topological polar surface area (TPSA) is 78.4 Å². The Labute approximate surface area is 82.2 Å². The molecule has 5 nitrogen and oxygen atoms in total. The van der Waals surface area contributed by atoms with Gasteiger partial charge in [0.2, 0.25) is 0 Å². The highest BCUT2D eigenvalue weighted by Crippen LogP contribution is 2.20. The molecule has 1 fully saturated rings. The maximum absolute atomic E-state index is 10.2. The van der Waals surface area contributed by atoms with Gasteiger partial charge in [-0.25, -0.2) is 4.79 Å². The highest BCUT2D eigenvalue weighted by atomic mass is 16.6. The highest BCUT2D eigenvalue weighted by molar-refractivity contribution is 5.64. The molecule has 1 aliphatic carbocycles. The molecule has 0 spiro atoms. The van der Waals surface area contributed by atoms with Gasteiger partial charge >= 0.3 is 6.09 Å². The molecule has 0 unspecified atom stereocenters. The maximum Gasteiger partial charge on any atom is 0.404 e. The molecule has 1 saturated carbocycles. The van der Waals surface area contributed by atoms with Crippen LogP contribution in [0.25, 0.3) is 0 Å². The van der Waals surface area contributed by atoms with Gasteiger partial charge in [0, 0.05) is 0 Å². The fraction of sp³-hybridized carbons (Fsp3) is 0.556. The second-order valence-electron chi connectivity index (χ2n) is 3.03. The molecule has 0 aliphatic heterocycles. The second-order valence-corrected chi connectivity index (χ2v) is 3.03. The molecule has 2 N–H and O–H groups in total. The lowest BCUT2D eigenvalue weighted by Gasteiger charge is -2.06. The summed E-state index contributed by atoms with van der Waals surface area (Å²) >= 11 is 0. The summed E-state index contributed by atoms with van der Waals surface area (Å²) in [6.45, 7) is 0. The van der Waals surface area contributed by atoms with Crippen molar-refractivity contribution in [2.24, 2.45) is 5.73 Å². The van der Waals surface area contributed by atoms with E-state index in [1.54, 1.807) is 12.3 Å². The summed E-state index contributed by atoms with van der Waals surface area (Å²) in [5, 5.41) is 3.35. The third-order valence-electron chi connectivity index (χ3n) is 1.93. The quantitative estimate of drug-likeness (QED) is 0.744. The van der Waals surface area contributed by atoms with Crippen molar-refractivity contribution in [3.63, 3.8) is 0 Å². The molecule has 1 amide bonds. The number of hydrogen-bond donors (Lipinski definition) is 1. The van der Waals surface area contributed by atoms with Crippen LogP contribution < -0.4 is 5.73 Å². The van der Waals surface area contributed by atoms with Crippen LogP contribution in [-0.4, -0.2) is 17.4 Å². The molecule has 5 heteroatoms. The smallest absolute Gasteiger partial charge is 0.404 e. The number of amides is 1. The standard InChI is InChI=1S/C6H11NO2.C3H3NO/c7-6(8)9-5-3-1-2-4-5;1-2-4-5-3-1/h5H,1-4H2,(H2,7,8);1-3H. The van der Waals surface area contributed by atoms with Gasteiger partial charge in [0.25, 0.3) is 0 Å². The zero-order chi connectivity index (χ0) is 10.2. The van der Waals surface area contributed by atoms with Gasteiger partial charge in [-0.1, -0.05) is 5.16 Å². The Hall–Kier alpha value is -1.52. The average molecular weight is 198 g/mol. The monoisotopic (exact) mass is 198 g/mol. The molecule has 14 heavy (non-hydrogen) atoms. The lowest BCUT2D eigenvalue weighted by Crippen LogP contribution is -2.19. The molecular formula is C9H14N2O3. The first-order valence-electron chi connectivity index (χ1n) is 4.59. The van der Waals surface area contributed by atoms with E-state index in [2.05, 4.69) is 9.68 Å². The molecular weight excluding hydrogens is 184 g/mol. The van der Waals surface area contributed by atoms with Gasteiger partial charge in [-0.2, -0.15) is 0 Å². The predicted molar refractivity (Wildman–Crippen MR) is 49.4 cm³/mol. The fourth-order valence-corrected chi connectivity index (χ4v) is 1.35. The van der Waals surface area contributed by atoms with Crippen molar-refractivity contribution < 1.29 is 14.1 Å². The van der Waals surface area contributed by atoms with Crippen LogP contribution in [0.15, 0.2) is 23.0 Å². The number of nitrogens with zero attached hydrogens (tertiary/aromatic N) is 1. The minimum Gasteiger partial charge on any atom is -0.446 e. The van der Waals surface area contributed by atoms with Gasteiger partial charge in [-0.3, -0.25) is 0 Å². The van der Waals surface area contributed by atoms with Gasteiger partial charge in [0.1, 0.15) is 12.4 Å². The molecule has 0 aromatic carbocycles. The van der Waals surface area contributed by atoms with Crippen molar-refractivity contribution in [3.05, 3.63) is 18.5 Å². The molecule has 1 aromatic rings. The molecule has 0 atom stereocenters. The summed E-state index contributed by atoms with van der Waals surface area (Å²) in [5.74, 6) is 0. The lowest BCUT2D eigenvalue weighted by atomic mass is 10.3. The molecule has 1 aromatic heterocycles. The van der Waals surface area contributed by atoms with Crippen molar-refractivity contribution >= 4 is 6.09 Å². The Kier molecular flexibility index (Phi) is 4.54. The van der Waals surface area contributed by atoms with Gasteiger partial charge < -0.3 is 15.0 Å². The summed E-state index contributed by atoms with van der Waals surface area (Å²) in [7, 11) is 0. The number of primary amides is 1. The Bertz CT molecular complexity index is 225. The number of rotatable bonds is 1. The Morgan fingerprint density at radius 3 is 2.57 bits per heavy atom. The Morgan fingerprint density at radius 1 is 1.50 bits per heavy atom. The number of nitrogens with two attached hydrogens (primary N) is 1. The molecule has 1 aliphatic rings. The van der Waals surface area contributed by atoms with Crippen LogP contribution in [0.2, 0.25) is 0 Å². The maximum atomic E-state index is 10.2. The third kappa shape index (κ3) is 4.49. The Balaban J connectivity index is 0.000000165. The van der Waals surface area contributed by atoms with Gasteiger partial charge in [-0.05, 0) is 31.7 Å². The van der Waals surface area contributed by atoms with Crippen molar-refractivity contribution in [2.75, 3.05) is 0 Å². The van der Waals surface area contributed by atoms with Crippen LogP contribution in [-0.2, 0) is 4.74 Å². The number of aromatic nitrogens is 1. The van der Waals surface area contributed by atoms with Crippen LogP contribution in [0.4, 0.5) is 4.79 Å². The van der Waals surface area contributed by atoms with Gasteiger partial charge in [0.15, 0.2) is 0 Å². The summed E-state index contributed by atoms with van der Waals surface area (Å²) in [5.41, 5.74) is 4.81. The normalized spacial score (nSPS) is 15.7. The van der Waals surface area contributed by atoms with E-state index in [0.717, 1.165) is 25.7 Å². The number of hydrogen-bond acceptors (Lipinski definition) is 4. The van der Waals surface area contributed by atoms with E-state index in [0.29, 0.717) is 0 Å². The van der Waals surface area contributed by atoms with E-state index in [1.807, 2.05) is 0 Å². The number of carbonyl (C=O) groups excluding carboxylic acids is 1. The minimum absolute atomic E-state index is 0.113. The van der Waals surface area contributed by atoms with E-state index >= 15 is 0 Å². The summed E-state index contributed by atoms with van der Waals surface area (Å²) in [4.78, 5) is 10.2. The van der Waals surface area contributed by atoms with E-state index in [-0.39, 0.29) is 6.10 Å². The largest absolute Gasteiger partial charge is 0.446 e. The second kappa shape index (κ2) is 6.01. The molecule has 0 radical (unpaired) electrons. The van der Waals surface area contributed by atoms with E-state index in [9.17, 15) is 4.79 Å². The molecule has 2 rings (SSSR count). The van der Waals surface area contributed by atoms with E-state index in [1.165, 1.54) is 6.26 Å². The first kappa shape index (κ1) is 10.6. The van der Waals surface area contributed by atoms with Crippen molar-refractivity contribution in [3.8, 4) is 0 Å². The number of ether oxygens (including phenoxy) is 1. The van der Waals surface area contributed by atoms with Gasteiger partial charge in [-0.15, -0.1) is 0 Å². The molecule has 0 bridgehead atoms. The van der Waals surface area contributed by atoms with Crippen molar-refractivity contribution in [1.82, 2.24) is 5.16 Å². The summed E-state index contributed by atoms with van der Waals surface area (Å²) in [6, 6.07) is 1.72. The summed E-state index contributed by atoms with van der Waals surface area (Å²) < 4.78 is 9.08. The van der Waals surface area contributed by atoms with Crippen LogP contribution in [0.5, 0.6) is 0 Å². The van der Waals surface area contributed by atoms with Crippen LogP contribution >= 0.6 is 0 Å². The first-order valence-corrected chi connectivity index (χ1v) is 4.59. The van der Waals surface area contributed by atoms with E-state index < -0.39 is 6.09 Å². The predicted octanol–water partition coefficient (Wildman–Crippen LogP) is 1.70. The minimum atomic E-state index is -0.637. The van der Waals surface area contributed by atoms with Gasteiger partial charge in [0.05, 0.1) is 6.20 Å². The first-order chi connectivity index (χ1) is 6.79. The van der Waals surface area contributed by atoms with Crippen molar-refractivity contribution in [1.29, 1.82) is 0 Å². The average Bonchev–Trinajstić information content (AvgIpc) is 2.75. The van der Waals surface area contributed by atoms with Crippen molar-refractivity contribution in [2.45, 2.75) is 31.8 Å². The van der Waals surface area contributed by atoms with Crippen LogP contribution in [0.1, 0.15) is 25.7 Å². The molecule has 78 valence electrons. The SMILES string of the molecule is NC(=O)OC1CCCC1.c1cnoc1. The molecule has 0 saturated heterocycles. The zero-order valence-corrected chi connectivity index (χ0v) is 7.89. The number of carbonyl (C=O) groups is 1. The zero-order valence-electron chi connectivity index (χ0n) is 7.89. The molecule has 1 heterocycles. The van der Waals surface area contributed by atoms with E-state index in [4.69, 9.17) is 10.5 Å². The summed E-state index contributed by atoms with van der Waals surface area (Å²) in [6.07, 6.45) is 6.88. The van der Waals surface area contributed by atoms with Crippen LogP contribution in [0.3, 0.4) is 0 Å². The highest BCUT2D eigenvalue weighted by Gasteiger charge is 2.17. The fourth-order valence-electron chi connectivity index (χ4n) is 1.35. The Morgan fingerprint density at radius 2 is 2.21 bits per heavy atom. The third-order valence-corrected chi connectivity index (χ3v) is 1.93. The van der Waals surface area contributed by atoms with Crippen LogP contribution in [0, 0.1) is 0 Å².